The van der Waals surface area contributed by atoms with Crippen LogP contribution in [0.5, 0.6) is 0 Å². The molecule has 3 aromatic rings. The summed E-state index contributed by atoms with van der Waals surface area (Å²) in [5.41, 5.74) is 2.70. The van der Waals surface area contributed by atoms with E-state index in [1.54, 1.807) is 28.9 Å². The van der Waals surface area contributed by atoms with Gasteiger partial charge in [-0.3, -0.25) is 4.72 Å². The van der Waals surface area contributed by atoms with Crippen molar-refractivity contribution in [1.82, 2.24) is 14.8 Å². The maximum atomic E-state index is 12.7. The summed E-state index contributed by atoms with van der Waals surface area (Å²) >= 11 is 11.7. The molecule has 1 N–H and O–H groups in total. The zero-order valence-corrected chi connectivity index (χ0v) is 15.7. The van der Waals surface area contributed by atoms with Crippen LogP contribution in [0.3, 0.4) is 0 Å². The number of benzene rings is 1. The van der Waals surface area contributed by atoms with Gasteiger partial charge in [0.1, 0.15) is 10.0 Å². The van der Waals surface area contributed by atoms with E-state index in [1.165, 1.54) is 12.1 Å². The Morgan fingerprint density at radius 2 is 1.80 bits per heavy atom. The third-order valence-electron chi connectivity index (χ3n) is 3.46. The minimum Gasteiger partial charge on any atom is -0.277 e. The molecule has 0 aliphatic rings. The molecule has 9 heteroatoms. The number of halogens is 2. The van der Waals surface area contributed by atoms with E-state index < -0.39 is 10.0 Å². The maximum Gasteiger partial charge on any atom is 0.265 e. The smallest absolute Gasteiger partial charge is 0.265 e. The summed E-state index contributed by atoms with van der Waals surface area (Å²) in [6.07, 6.45) is 0. The van der Waals surface area contributed by atoms with Crippen LogP contribution in [0, 0.1) is 13.8 Å². The fourth-order valence-corrected chi connectivity index (χ4v) is 4.15. The lowest BCUT2D eigenvalue weighted by Gasteiger charge is -2.14. The summed E-state index contributed by atoms with van der Waals surface area (Å²) in [6, 6.07) is 11.6. The average molecular weight is 397 g/mol. The van der Waals surface area contributed by atoms with Crippen molar-refractivity contribution in [2.24, 2.45) is 0 Å². The van der Waals surface area contributed by atoms with Crippen LogP contribution in [0.2, 0.25) is 10.3 Å². The molecule has 25 heavy (non-hydrogen) atoms. The Balaban J connectivity index is 2.05. The Hall–Kier alpha value is -2.09. The lowest BCUT2D eigenvalue weighted by Crippen LogP contribution is -2.16. The van der Waals surface area contributed by atoms with Crippen LogP contribution < -0.4 is 4.72 Å². The van der Waals surface area contributed by atoms with Gasteiger partial charge in [0.05, 0.1) is 17.1 Å². The van der Waals surface area contributed by atoms with Crippen LogP contribution in [0.25, 0.3) is 5.69 Å². The number of nitrogens with one attached hydrogen (secondary N) is 1. The first-order valence-electron chi connectivity index (χ1n) is 7.25. The molecule has 2 heterocycles. The summed E-state index contributed by atoms with van der Waals surface area (Å²) in [5, 5.41) is 4.33. The fraction of sp³-hybridized carbons (Fsp3) is 0.125. The van der Waals surface area contributed by atoms with Crippen LogP contribution in [-0.2, 0) is 10.0 Å². The van der Waals surface area contributed by atoms with Crippen molar-refractivity contribution in [3.63, 3.8) is 0 Å². The van der Waals surface area contributed by atoms with Crippen LogP contribution in [-0.4, -0.2) is 23.2 Å². The molecule has 6 nitrogen and oxygen atoms in total. The number of hydrogen-bond acceptors (Lipinski definition) is 4. The lowest BCUT2D eigenvalue weighted by atomic mass is 10.2. The van der Waals surface area contributed by atoms with Crippen LogP contribution >= 0.6 is 23.2 Å². The first-order chi connectivity index (χ1) is 11.8. The number of para-hydroxylation sites is 2. The minimum atomic E-state index is -3.94. The summed E-state index contributed by atoms with van der Waals surface area (Å²) < 4.78 is 29.6. The highest BCUT2D eigenvalue weighted by atomic mass is 35.5. The molecule has 0 atom stereocenters. The largest absolute Gasteiger partial charge is 0.277 e. The highest BCUT2D eigenvalue weighted by molar-refractivity contribution is 7.92. The molecular formula is C16H14Cl2N4O2S. The lowest BCUT2D eigenvalue weighted by molar-refractivity contribution is 0.601. The average Bonchev–Trinajstić information content (AvgIpc) is 2.85. The van der Waals surface area contributed by atoms with Crippen molar-refractivity contribution in [1.29, 1.82) is 0 Å². The minimum absolute atomic E-state index is 0.118. The van der Waals surface area contributed by atoms with E-state index in [1.807, 2.05) is 19.9 Å². The van der Waals surface area contributed by atoms with Crippen LogP contribution in [0.4, 0.5) is 5.69 Å². The molecule has 0 aliphatic carbocycles. The molecule has 0 spiro atoms. The number of anilines is 1. The number of aromatic nitrogens is 3. The number of pyridine rings is 1. The fourth-order valence-electron chi connectivity index (χ4n) is 2.42. The third kappa shape index (κ3) is 3.63. The third-order valence-corrected chi connectivity index (χ3v) is 5.46. The Labute approximate surface area is 155 Å². The summed E-state index contributed by atoms with van der Waals surface area (Å²) in [7, 11) is -3.94. The number of aryl methyl sites for hydroxylation is 2. The second-order valence-corrected chi connectivity index (χ2v) is 7.78. The molecule has 1 aromatic carbocycles. The van der Waals surface area contributed by atoms with Crippen molar-refractivity contribution in [2.75, 3.05) is 4.72 Å². The van der Waals surface area contributed by atoms with Crippen molar-refractivity contribution >= 4 is 38.9 Å². The Morgan fingerprint density at radius 1 is 1.08 bits per heavy atom. The van der Waals surface area contributed by atoms with E-state index in [4.69, 9.17) is 23.2 Å². The molecule has 130 valence electrons. The normalized spacial score (nSPS) is 11.5. The summed E-state index contributed by atoms with van der Waals surface area (Å²) in [6.45, 7) is 3.76. The number of nitrogens with zero attached hydrogens (tertiary/aromatic N) is 3. The summed E-state index contributed by atoms with van der Waals surface area (Å²) in [5.74, 6) is 0. The van der Waals surface area contributed by atoms with Gasteiger partial charge in [-0.05, 0) is 44.2 Å². The molecule has 0 radical (unpaired) electrons. The van der Waals surface area contributed by atoms with Crippen molar-refractivity contribution < 1.29 is 8.42 Å². The van der Waals surface area contributed by atoms with Crippen molar-refractivity contribution in [3.8, 4) is 5.69 Å². The topological polar surface area (TPSA) is 76.9 Å². The first kappa shape index (κ1) is 17.7. The highest BCUT2D eigenvalue weighted by Crippen LogP contribution is 2.27. The predicted molar refractivity (Wildman–Crippen MR) is 98.1 cm³/mol. The SMILES string of the molecule is Cc1cc(C)n(-c2ccccc2NS(=O)(=O)c2ccc(Cl)nc2Cl)n1. The predicted octanol–water partition coefficient (Wildman–Crippen LogP) is 3.99. The van der Waals surface area contributed by atoms with Gasteiger partial charge in [0, 0.05) is 5.69 Å². The van der Waals surface area contributed by atoms with E-state index >= 15 is 0 Å². The van der Waals surface area contributed by atoms with E-state index in [9.17, 15) is 8.42 Å². The summed E-state index contributed by atoms with van der Waals surface area (Å²) in [4.78, 5) is 3.62. The molecule has 0 aliphatic heterocycles. The quantitative estimate of drug-likeness (QED) is 0.676. The van der Waals surface area contributed by atoms with Gasteiger partial charge in [-0.15, -0.1) is 0 Å². The molecule has 3 rings (SSSR count). The number of hydrogen-bond donors (Lipinski definition) is 1. The molecule has 2 aromatic heterocycles. The van der Waals surface area contributed by atoms with E-state index in [2.05, 4.69) is 14.8 Å². The van der Waals surface area contributed by atoms with Gasteiger partial charge < -0.3 is 0 Å². The molecule has 0 fully saturated rings. The van der Waals surface area contributed by atoms with Crippen molar-refractivity contribution in [3.05, 3.63) is 64.2 Å². The van der Waals surface area contributed by atoms with Crippen LogP contribution in [0.1, 0.15) is 11.4 Å². The maximum absolute atomic E-state index is 12.7. The molecule has 0 saturated carbocycles. The van der Waals surface area contributed by atoms with Gasteiger partial charge in [-0.2, -0.15) is 5.10 Å². The molecular weight excluding hydrogens is 383 g/mol. The monoisotopic (exact) mass is 396 g/mol. The van der Waals surface area contributed by atoms with Crippen molar-refractivity contribution in [2.45, 2.75) is 18.7 Å². The number of sulfonamides is 1. The van der Waals surface area contributed by atoms with E-state index in [0.717, 1.165) is 11.4 Å². The van der Waals surface area contributed by atoms with E-state index in [-0.39, 0.29) is 15.2 Å². The highest BCUT2D eigenvalue weighted by Gasteiger charge is 2.21. The Morgan fingerprint density at radius 3 is 2.44 bits per heavy atom. The van der Waals surface area contributed by atoms with E-state index in [0.29, 0.717) is 11.4 Å². The first-order valence-corrected chi connectivity index (χ1v) is 9.49. The zero-order chi connectivity index (χ0) is 18.2. The molecule has 0 unspecified atom stereocenters. The Bertz CT molecular complexity index is 1050. The van der Waals surface area contributed by atoms with Crippen LogP contribution in [0.15, 0.2) is 47.4 Å². The van der Waals surface area contributed by atoms with Gasteiger partial charge in [0.15, 0.2) is 5.15 Å². The molecule has 0 amide bonds. The second kappa shape index (κ2) is 6.67. The van der Waals surface area contributed by atoms with Gasteiger partial charge in [0.25, 0.3) is 10.0 Å². The van der Waals surface area contributed by atoms with Gasteiger partial charge in [0.2, 0.25) is 0 Å². The standard InChI is InChI=1S/C16H14Cl2N4O2S/c1-10-9-11(2)22(20-10)13-6-4-3-5-12(13)21-25(23,24)14-7-8-15(17)19-16(14)18/h3-9,21H,1-2H3. The van der Waals surface area contributed by atoms with Gasteiger partial charge >= 0.3 is 0 Å². The number of rotatable bonds is 4. The molecule has 0 saturated heterocycles. The Kier molecular flexibility index (Phi) is 4.73. The van der Waals surface area contributed by atoms with Gasteiger partial charge in [-0.25, -0.2) is 18.1 Å². The zero-order valence-electron chi connectivity index (χ0n) is 13.4. The molecule has 0 bridgehead atoms. The second-order valence-electron chi connectivity index (χ2n) is 5.38. The van der Waals surface area contributed by atoms with Gasteiger partial charge in [-0.1, -0.05) is 35.3 Å².